The second-order valence-corrected chi connectivity index (χ2v) is 5.48. The largest absolute Gasteiger partial charge is 0.394 e. The van der Waals surface area contributed by atoms with Crippen LogP contribution in [0.3, 0.4) is 0 Å². The Labute approximate surface area is 99.2 Å². The number of hydrogen-bond acceptors (Lipinski definition) is 3. The number of aliphatic hydroxyl groups excluding tert-OH is 1. The van der Waals surface area contributed by atoms with Gasteiger partial charge in [0.25, 0.3) is 0 Å². The molecule has 2 fully saturated rings. The van der Waals surface area contributed by atoms with Crippen LogP contribution in [-0.2, 0) is 0 Å². The minimum absolute atomic E-state index is 0.116. The van der Waals surface area contributed by atoms with Crippen LogP contribution >= 0.6 is 0 Å². The van der Waals surface area contributed by atoms with Gasteiger partial charge >= 0.3 is 0 Å². The lowest BCUT2D eigenvalue weighted by Gasteiger charge is -2.39. The molecular weight excluding hydrogens is 200 g/mol. The Morgan fingerprint density at radius 2 is 2.12 bits per heavy atom. The minimum Gasteiger partial charge on any atom is -0.394 e. The topological polar surface area (TPSA) is 35.5 Å². The van der Waals surface area contributed by atoms with Crippen molar-refractivity contribution in [2.45, 2.75) is 44.6 Å². The zero-order valence-electron chi connectivity index (χ0n) is 10.5. The van der Waals surface area contributed by atoms with Crippen LogP contribution in [0.15, 0.2) is 0 Å². The summed E-state index contributed by atoms with van der Waals surface area (Å²) in [7, 11) is 0. The van der Waals surface area contributed by atoms with Crippen molar-refractivity contribution in [1.29, 1.82) is 0 Å². The van der Waals surface area contributed by atoms with Gasteiger partial charge in [-0.3, -0.25) is 4.90 Å². The van der Waals surface area contributed by atoms with Gasteiger partial charge in [-0.1, -0.05) is 6.92 Å². The van der Waals surface area contributed by atoms with Gasteiger partial charge in [0.05, 0.1) is 6.61 Å². The van der Waals surface area contributed by atoms with Crippen molar-refractivity contribution in [2.24, 2.45) is 5.92 Å². The van der Waals surface area contributed by atoms with Crippen LogP contribution in [0.25, 0.3) is 0 Å². The molecule has 0 aromatic carbocycles. The molecule has 2 aliphatic heterocycles. The number of piperidine rings is 1. The van der Waals surface area contributed by atoms with Crippen molar-refractivity contribution in [3.05, 3.63) is 0 Å². The molecule has 2 N–H and O–H groups in total. The summed E-state index contributed by atoms with van der Waals surface area (Å²) in [6.45, 7) is 7.31. The SMILES string of the molecule is CCC1(CO)CCCN1CC1CCNCC1. The quantitative estimate of drug-likeness (QED) is 0.756. The lowest BCUT2D eigenvalue weighted by atomic mass is 9.91. The maximum absolute atomic E-state index is 9.66. The van der Waals surface area contributed by atoms with E-state index in [4.69, 9.17) is 0 Å². The summed E-state index contributed by atoms with van der Waals surface area (Å²) in [5.74, 6) is 0.844. The fraction of sp³-hybridized carbons (Fsp3) is 1.00. The predicted octanol–water partition coefficient (Wildman–Crippen LogP) is 1.22. The molecule has 2 heterocycles. The van der Waals surface area contributed by atoms with E-state index < -0.39 is 0 Å². The summed E-state index contributed by atoms with van der Waals surface area (Å²) < 4.78 is 0. The van der Waals surface area contributed by atoms with Crippen LogP contribution in [0.4, 0.5) is 0 Å². The van der Waals surface area contributed by atoms with Crippen molar-refractivity contribution in [3.8, 4) is 0 Å². The van der Waals surface area contributed by atoms with E-state index in [1.807, 2.05) is 0 Å². The number of aliphatic hydroxyl groups is 1. The van der Waals surface area contributed by atoms with Crippen molar-refractivity contribution in [2.75, 3.05) is 32.8 Å². The van der Waals surface area contributed by atoms with Gasteiger partial charge in [0.15, 0.2) is 0 Å². The summed E-state index contributed by atoms with van der Waals surface area (Å²) >= 11 is 0. The zero-order chi connectivity index (χ0) is 11.4. The van der Waals surface area contributed by atoms with Gasteiger partial charge in [-0.25, -0.2) is 0 Å². The minimum atomic E-state index is 0.116. The third kappa shape index (κ3) is 2.41. The Balaban J connectivity index is 1.91. The van der Waals surface area contributed by atoms with Gasteiger partial charge in [-0.05, 0) is 57.7 Å². The van der Waals surface area contributed by atoms with Crippen LogP contribution in [0.2, 0.25) is 0 Å². The molecule has 2 aliphatic rings. The van der Waals surface area contributed by atoms with Gasteiger partial charge < -0.3 is 10.4 Å². The summed E-state index contributed by atoms with van der Waals surface area (Å²) in [4.78, 5) is 2.57. The molecule has 0 aromatic rings. The molecule has 1 atom stereocenters. The Bertz CT molecular complexity index is 210. The lowest BCUT2D eigenvalue weighted by Crippen LogP contribution is -2.49. The number of hydrogen-bond donors (Lipinski definition) is 2. The van der Waals surface area contributed by atoms with E-state index in [0.717, 1.165) is 12.3 Å². The molecule has 2 rings (SSSR count). The van der Waals surface area contributed by atoms with Crippen molar-refractivity contribution >= 4 is 0 Å². The second kappa shape index (κ2) is 5.48. The van der Waals surface area contributed by atoms with Gasteiger partial charge in [0, 0.05) is 12.1 Å². The fourth-order valence-corrected chi connectivity index (χ4v) is 3.35. The third-order valence-corrected chi connectivity index (χ3v) is 4.63. The Hall–Kier alpha value is -0.120. The van der Waals surface area contributed by atoms with Crippen molar-refractivity contribution in [3.63, 3.8) is 0 Å². The highest BCUT2D eigenvalue weighted by molar-refractivity contribution is 4.95. The van der Waals surface area contributed by atoms with Crippen molar-refractivity contribution < 1.29 is 5.11 Å². The zero-order valence-corrected chi connectivity index (χ0v) is 10.5. The summed E-state index contributed by atoms with van der Waals surface area (Å²) in [6.07, 6.45) is 6.16. The molecule has 0 aliphatic carbocycles. The molecule has 16 heavy (non-hydrogen) atoms. The van der Waals surface area contributed by atoms with Gasteiger partial charge in [-0.2, -0.15) is 0 Å². The maximum Gasteiger partial charge on any atom is 0.0615 e. The Morgan fingerprint density at radius 3 is 2.75 bits per heavy atom. The molecule has 0 bridgehead atoms. The van der Waals surface area contributed by atoms with Crippen LogP contribution in [0.5, 0.6) is 0 Å². The lowest BCUT2D eigenvalue weighted by molar-refractivity contribution is 0.0450. The van der Waals surface area contributed by atoms with Crippen LogP contribution in [0, 0.1) is 5.92 Å². The highest BCUT2D eigenvalue weighted by atomic mass is 16.3. The Morgan fingerprint density at radius 1 is 1.38 bits per heavy atom. The molecule has 2 saturated heterocycles. The highest BCUT2D eigenvalue weighted by Crippen LogP contribution is 2.33. The van der Waals surface area contributed by atoms with E-state index in [1.165, 1.54) is 51.9 Å². The van der Waals surface area contributed by atoms with Gasteiger partial charge in [0.1, 0.15) is 0 Å². The molecule has 0 saturated carbocycles. The normalized spacial score (nSPS) is 33.4. The first-order chi connectivity index (χ1) is 7.80. The molecule has 0 amide bonds. The highest BCUT2D eigenvalue weighted by Gasteiger charge is 2.39. The van der Waals surface area contributed by atoms with E-state index in [9.17, 15) is 5.11 Å². The molecule has 3 heteroatoms. The van der Waals surface area contributed by atoms with Crippen LogP contribution < -0.4 is 5.32 Å². The van der Waals surface area contributed by atoms with E-state index in [1.54, 1.807) is 0 Å². The van der Waals surface area contributed by atoms with Crippen molar-refractivity contribution in [1.82, 2.24) is 10.2 Å². The summed E-state index contributed by atoms with van der Waals surface area (Å²) in [5.41, 5.74) is 0.116. The molecule has 94 valence electrons. The fourth-order valence-electron chi connectivity index (χ4n) is 3.35. The second-order valence-electron chi connectivity index (χ2n) is 5.48. The number of rotatable bonds is 4. The van der Waals surface area contributed by atoms with Crippen LogP contribution in [-0.4, -0.2) is 48.3 Å². The first-order valence-corrected chi connectivity index (χ1v) is 6.87. The molecule has 0 spiro atoms. The summed E-state index contributed by atoms with van der Waals surface area (Å²) in [6, 6.07) is 0. The van der Waals surface area contributed by atoms with E-state index in [0.29, 0.717) is 6.61 Å². The smallest absolute Gasteiger partial charge is 0.0615 e. The monoisotopic (exact) mass is 226 g/mol. The number of likely N-dealkylation sites (tertiary alicyclic amines) is 1. The standard InChI is InChI=1S/C13H26N2O/c1-2-13(11-16)6-3-9-15(13)10-12-4-7-14-8-5-12/h12,14,16H,2-11H2,1H3. The predicted molar refractivity (Wildman–Crippen MR) is 66.5 cm³/mol. The molecule has 0 radical (unpaired) electrons. The maximum atomic E-state index is 9.66. The molecular formula is C13H26N2O. The first-order valence-electron chi connectivity index (χ1n) is 6.87. The summed E-state index contributed by atoms with van der Waals surface area (Å²) in [5, 5.41) is 13.1. The molecule has 3 nitrogen and oxygen atoms in total. The Kier molecular flexibility index (Phi) is 4.22. The van der Waals surface area contributed by atoms with Gasteiger partial charge in [0.2, 0.25) is 0 Å². The number of nitrogens with one attached hydrogen (secondary N) is 1. The average Bonchev–Trinajstić information content (AvgIpc) is 2.74. The molecule has 1 unspecified atom stereocenters. The van der Waals surface area contributed by atoms with E-state index in [2.05, 4.69) is 17.1 Å². The van der Waals surface area contributed by atoms with E-state index in [-0.39, 0.29) is 5.54 Å². The first kappa shape index (κ1) is 12.3. The van der Waals surface area contributed by atoms with Gasteiger partial charge in [-0.15, -0.1) is 0 Å². The third-order valence-electron chi connectivity index (χ3n) is 4.63. The number of nitrogens with zero attached hydrogens (tertiary/aromatic N) is 1. The van der Waals surface area contributed by atoms with E-state index >= 15 is 0 Å². The average molecular weight is 226 g/mol. The van der Waals surface area contributed by atoms with Crippen LogP contribution in [0.1, 0.15) is 39.0 Å². The molecule has 0 aromatic heterocycles.